The fourth-order valence-electron chi connectivity index (χ4n) is 3.01. The Morgan fingerprint density at radius 2 is 1.41 bits per heavy atom. The van der Waals surface area contributed by atoms with Gasteiger partial charge < -0.3 is 37.6 Å². The maximum Gasteiger partial charge on any atom is 0.326 e. The van der Waals surface area contributed by atoms with Crippen LogP contribution in [0.4, 0.5) is 0 Å². The molecule has 5 atom stereocenters. The fraction of sp³-hybridized carbons (Fsp3) is 0.714. The zero-order valence-corrected chi connectivity index (χ0v) is 20.0. The summed E-state index contributed by atoms with van der Waals surface area (Å²) in [6.07, 6.45) is -0.500. The van der Waals surface area contributed by atoms with Crippen LogP contribution in [0.25, 0.3) is 0 Å². The molecule has 0 aliphatic carbocycles. The van der Waals surface area contributed by atoms with Gasteiger partial charge >= 0.3 is 11.9 Å². The van der Waals surface area contributed by atoms with Crippen LogP contribution in [0.15, 0.2) is 0 Å². The summed E-state index contributed by atoms with van der Waals surface area (Å²) in [4.78, 5) is 71.7. The number of amides is 4. The van der Waals surface area contributed by atoms with E-state index in [9.17, 15) is 33.9 Å². The number of aliphatic carboxylic acids is 2. The van der Waals surface area contributed by atoms with E-state index in [2.05, 4.69) is 16.0 Å². The number of carbonyl (C=O) groups excluding carboxylic acids is 4. The van der Waals surface area contributed by atoms with Crippen molar-refractivity contribution in [3.63, 3.8) is 0 Å². The first-order chi connectivity index (χ1) is 15.7. The number of nitrogens with one attached hydrogen (secondary N) is 3. The molecule has 4 amide bonds. The minimum Gasteiger partial charge on any atom is -0.481 e. The van der Waals surface area contributed by atoms with Gasteiger partial charge in [-0.25, -0.2) is 4.79 Å². The second-order valence-corrected chi connectivity index (χ2v) is 8.67. The van der Waals surface area contributed by atoms with Crippen LogP contribution in [-0.4, -0.2) is 69.9 Å². The van der Waals surface area contributed by atoms with Crippen molar-refractivity contribution in [2.75, 3.05) is 0 Å². The average Bonchev–Trinajstić information content (AvgIpc) is 2.72. The normalized spacial score (nSPS) is 15.4. The molecule has 13 nitrogen and oxygen atoms in total. The second kappa shape index (κ2) is 14.8. The number of hydrogen-bond acceptors (Lipinski definition) is 7. The molecule has 0 bridgehead atoms. The third-order valence-electron chi connectivity index (χ3n) is 5.16. The molecular weight excluding hydrogens is 450 g/mol. The van der Waals surface area contributed by atoms with E-state index in [1.54, 1.807) is 27.7 Å². The van der Waals surface area contributed by atoms with E-state index in [0.29, 0.717) is 6.42 Å². The summed E-state index contributed by atoms with van der Waals surface area (Å²) in [6, 6.07) is -5.03. The summed E-state index contributed by atoms with van der Waals surface area (Å²) in [5.74, 6) is -6.24. The molecule has 0 aliphatic heterocycles. The minimum atomic E-state index is -1.47. The highest BCUT2D eigenvalue weighted by molar-refractivity contribution is 5.96. The Kier molecular flexibility index (Phi) is 13.4. The van der Waals surface area contributed by atoms with Gasteiger partial charge in [-0.3, -0.25) is 24.0 Å². The summed E-state index contributed by atoms with van der Waals surface area (Å²) in [7, 11) is 0. The van der Waals surface area contributed by atoms with E-state index in [1.165, 1.54) is 0 Å². The molecule has 194 valence electrons. The largest absolute Gasteiger partial charge is 0.481 e. The van der Waals surface area contributed by atoms with Crippen LogP contribution in [0, 0.1) is 11.8 Å². The maximum atomic E-state index is 13.0. The van der Waals surface area contributed by atoms with Gasteiger partial charge in [0.2, 0.25) is 23.6 Å². The smallest absolute Gasteiger partial charge is 0.326 e. The summed E-state index contributed by atoms with van der Waals surface area (Å²) in [6.45, 7) is 6.97. The van der Waals surface area contributed by atoms with Crippen LogP contribution in [-0.2, 0) is 28.8 Å². The van der Waals surface area contributed by atoms with Gasteiger partial charge in [0.15, 0.2) is 0 Å². The zero-order chi connectivity index (χ0) is 26.6. The van der Waals surface area contributed by atoms with E-state index in [4.69, 9.17) is 16.6 Å². The molecule has 5 unspecified atom stereocenters. The standard InChI is InChI=1S/C21H37N5O8/c1-5-11(4)17(26-18(30)12(22)6-7-16(28)29)20(32)24-13(9-15(23)27)19(31)25-14(21(33)34)8-10(2)3/h10-14,17H,5-9,22H2,1-4H3,(H2,23,27)(H,24,32)(H,25,31)(H,26,30)(H,28,29)(H,33,34). The molecule has 0 rings (SSSR count). The highest BCUT2D eigenvalue weighted by atomic mass is 16.4. The van der Waals surface area contributed by atoms with E-state index in [0.717, 1.165) is 0 Å². The Morgan fingerprint density at radius 3 is 1.85 bits per heavy atom. The number of rotatable bonds is 16. The highest BCUT2D eigenvalue weighted by Gasteiger charge is 2.33. The second-order valence-electron chi connectivity index (χ2n) is 8.67. The molecule has 34 heavy (non-hydrogen) atoms. The summed E-state index contributed by atoms with van der Waals surface area (Å²) >= 11 is 0. The number of nitrogens with two attached hydrogens (primary N) is 2. The Hall–Kier alpha value is -3.22. The summed E-state index contributed by atoms with van der Waals surface area (Å²) in [5, 5.41) is 25.2. The zero-order valence-electron chi connectivity index (χ0n) is 20.0. The lowest BCUT2D eigenvalue weighted by molar-refractivity contribution is -0.143. The lowest BCUT2D eigenvalue weighted by Crippen LogP contribution is -2.59. The van der Waals surface area contributed by atoms with Gasteiger partial charge in [-0.2, -0.15) is 0 Å². The van der Waals surface area contributed by atoms with Crippen molar-refractivity contribution >= 4 is 35.6 Å². The Morgan fingerprint density at radius 1 is 0.853 bits per heavy atom. The van der Waals surface area contributed by atoms with Crippen LogP contribution in [0.1, 0.15) is 59.8 Å². The van der Waals surface area contributed by atoms with Crippen molar-refractivity contribution in [3.05, 3.63) is 0 Å². The van der Waals surface area contributed by atoms with Gasteiger partial charge in [0.05, 0.1) is 12.5 Å². The molecule has 0 fully saturated rings. The molecular formula is C21H37N5O8. The van der Waals surface area contributed by atoms with Crippen LogP contribution in [0.2, 0.25) is 0 Å². The van der Waals surface area contributed by atoms with Crippen molar-refractivity contribution in [2.24, 2.45) is 23.3 Å². The first kappa shape index (κ1) is 30.8. The first-order valence-corrected chi connectivity index (χ1v) is 11.1. The van der Waals surface area contributed by atoms with E-state index in [1.807, 2.05) is 0 Å². The minimum absolute atomic E-state index is 0.0547. The Bertz CT molecular complexity index is 757. The van der Waals surface area contributed by atoms with Crippen molar-refractivity contribution in [1.29, 1.82) is 0 Å². The molecule has 0 aromatic heterocycles. The molecule has 0 radical (unpaired) electrons. The molecule has 9 N–H and O–H groups in total. The van der Waals surface area contributed by atoms with Gasteiger partial charge in [0, 0.05) is 6.42 Å². The monoisotopic (exact) mass is 487 g/mol. The Labute approximate surface area is 198 Å². The SMILES string of the molecule is CCC(C)C(NC(=O)C(N)CCC(=O)O)C(=O)NC(CC(N)=O)C(=O)NC(CC(C)C)C(=O)O. The van der Waals surface area contributed by atoms with Crippen LogP contribution in [0.3, 0.4) is 0 Å². The van der Waals surface area contributed by atoms with Gasteiger partial charge in [-0.05, 0) is 24.7 Å². The topological polar surface area (TPSA) is 231 Å². The molecule has 0 aromatic rings. The van der Waals surface area contributed by atoms with Crippen LogP contribution >= 0.6 is 0 Å². The molecule has 0 aromatic carbocycles. The molecule has 0 saturated carbocycles. The van der Waals surface area contributed by atoms with Crippen molar-refractivity contribution < 1.29 is 39.0 Å². The van der Waals surface area contributed by atoms with E-state index >= 15 is 0 Å². The third-order valence-corrected chi connectivity index (χ3v) is 5.16. The average molecular weight is 488 g/mol. The lowest BCUT2D eigenvalue weighted by atomic mass is 9.97. The van der Waals surface area contributed by atoms with Gasteiger partial charge in [0.25, 0.3) is 0 Å². The quantitative estimate of drug-likeness (QED) is 0.137. The predicted molar refractivity (Wildman–Crippen MR) is 121 cm³/mol. The van der Waals surface area contributed by atoms with Gasteiger partial charge in [-0.1, -0.05) is 34.1 Å². The molecule has 13 heteroatoms. The number of primary amides is 1. The first-order valence-electron chi connectivity index (χ1n) is 11.1. The molecule has 0 heterocycles. The van der Waals surface area contributed by atoms with Crippen LogP contribution in [0.5, 0.6) is 0 Å². The summed E-state index contributed by atoms with van der Waals surface area (Å²) < 4.78 is 0. The van der Waals surface area contributed by atoms with Crippen LogP contribution < -0.4 is 27.4 Å². The molecule has 0 spiro atoms. The molecule has 0 aliphatic rings. The van der Waals surface area contributed by atoms with Crippen molar-refractivity contribution in [3.8, 4) is 0 Å². The third kappa shape index (κ3) is 11.6. The lowest BCUT2D eigenvalue weighted by Gasteiger charge is -2.27. The van der Waals surface area contributed by atoms with Gasteiger partial charge in [0.1, 0.15) is 18.1 Å². The number of carboxylic acid groups (broad SMARTS) is 2. The van der Waals surface area contributed by atoms with Gasteiger partial charge in [-0.15, -0.1) is 0 Å². The number of carboxylic acids is 2. The predicted octanol–water partition coefficient (Wildman–Crippen LogP) is -1.31. The van der Waals surface area contributed by atoms with E-state index in [-0.39, 0.29) is 25.2 Å². The fourth-order valence-corrected chi connectivity index (χ4v) is 3.01. The maximum absolute atomic E-state index is 13.0. The molecule has 0 saturated heterocycles. The Balaban J connectivity index is 5.55. The van der Waals surface area contributed by atoms with Crippen molar-refractivity contribution in [1.82, 2.24) is 16.0 Å². The van der Waals surface area contributed by atoms with E-state index < -0.39 is 72.1 Å². The van der Waals surface area contributed by atoms with Crippen molar-refractivity contribution in [2.45, 2.75) is 84.0 Å². The number of carbonyl (C=O) groups is 6. The number of hydrogen-bond donors (Lipinski definition) is 7. The highest BCUT2D eigenvalue weighted by Crippen LogP contribution is 2.11. The summed E-state index contributed by atoms with van der Waals surface area (Å²) in [5.41, 5.74) is 10.9.